The van der Waals surface area contributed by atoms with E-state index in [1.54, 1.807) is 39.2 Å². The van der Waals surface area contributed by atoms with Gasteiger partial charge >= 0.3 is 0 Å². The molecule has 0 aromatic heterocycles. The highest BCUT2D eigenvalue weighted by molar-refractivity contribution is 7.89. The molecular formula is C20H23ClN2O4S. The zero-order valence-electron chi connectivity index (χ0n) is 16.0. The van der Waals surface area contributed by atoms with Gasteiger partial charge in [-0.25, -0.2) is 8.42 Å². The van der Waals surface area contributed by atoms with Crippen molar-refractivity contribution in [2.45, 2.75) is 18.7 Å². The molecule has 0 fully saturated rings. The lowest BCUT2D eigenvalue weighted by Crippen LogP contribution is -2.30. The number of amides is 1. The molecule has 0 heterocycles. The highest BCUT2D eigenvalue weighted by atomic mass is 35.5. The van der Waals surface area contributed by atoms with Crippen LogP contribution in [-0.2, 0) is 14.8 Å². The number of methoxy groups -OCH3 is 1. The maximum atomic E-state index is 12.7. The molecule has 2 aromatic carbocycles. The monoisotopic (exact) mass is 422 g/mol. The fraction of sp³-hybridized carbons (Fsp3) is 0.250. The van der Waals surface area contributed by atoms with E-state index in [9.17, 15) is 13.2 Å². The molecule has 0 spiro atoms. The molecule has 8 heteroatoms. The van der Waals surface area contributed by atoms with Crippen LogP contribution in [0.1, 0.15) is 19.4 Å². The van der Waals surface area contributed by atoms with E-state index in [1.807, 2.05) is 12.1 Å². The van der Waals surface area contributed by atoms with Crippen LogP contribution in [0.4, 0.5) is 5.69 Å². The fourth-order valence-corrected chi connectivity index (χ4v) is 4.18. The molecule has 150 valence electrons. The number of anilines is 1. The summed E-state index contributed by atoms with van der Waals surface area (Å²) in [6.45, 7) is 4.24. The van der Waals surface area contributed by atoms with Crippen molar-refractivity contribution in [2.75, 3.05) is 25.5 Å². The van der Waals surface area contributed by atoms with Crippen LogP contribution in [0, 0.1) is 0 Å². The second-order valence-corrected chi connectivity index (χ2v) is 8.17. The number of benzene rings is 2. The summed E-state index contributed by atoms with van der Waals surface area (Å²) in [4.78, 5) is 12.3. The Labute approximate surface area is 170 Å². The van der Waals surface area contributed by atoms with E-state index in [-0.39, 0.29) is 15.6 Å². The van der Waals surface area contributed by atoms with E-state index in [0.29, 0.717) is 13.1 Å². The first-order valence-corrected chi connectivity index (χ1v) is 10.6. The number of nitrogens with zero attached hydrogens (tertiary/aromatic N) is 1. The minimum atomic E-state index is -3.64. The fourth-order valence-electron chi connectivity index (χ4n) is 2.53. The van der Waals surface area contributed by atoms with Crippen LogP contribution >= 0.6 is 11.6 Å². The van der Waals surface area contributed by atoms with Crippen LogP contribution in [0.2, 0.25) is 5.02 Å². The lowest BCUT2D eigenvalue weighted by Gasteiger charge is -2.19. The molecule has 0 aliphatic heterocycles. The SMILES string of the molecule is CCN(CC)S(=O)(=O)c1ccc(Cl)c(NC(=O)/C=C/c2ccc(OC)cc2)c1. The van der Waals surface area contributed by atoms with Crippen molar-refractivity contribution in [3.63, 3.8) is 0 Å². The first-order valence-electron chi connectivity index (χ1n) is 8.74. The number of halogens is 1. The lowest BCUT2D eigenvalue weighted by molar-refractivity contribution is -0.111. The Balaban J connectivity index is 2.18. The predicted molar refractivity (Wildman–Crippen MR) is 112 cm³/mol. The molecule has 0 aliphatic rings. The van der Waals surface area contributed by atoms with Gasteiger partial charge in [0.1, 0.15) is 5.75 Å². The van der Waals surface area contributed by atoms with E-state index in [1.165, 1.54) is 28.6 Å². The third kappa shape index (κ3) is 5.34. The number of carbonyl (C=O) groups is 1. The number of ether oxygens (including phenoxy) is 1. The number of rotatable bonds is 8. The quantitative estimate of drug-likeness (QED) is 0.651. The van der Waals surface area contributed by atoms with Crippen LogP contribution in [-0.4, -0.2) is 38.8 Å². The number of carbonyl (C=O) groups excluding carboxylic acids is 1. The van der Waals surface area contributed by atoms with Crippen LogP contribution < -0.4 is 10.1 Å². The summed E-state index contributed by atoms with van der Waals surface area (Å²) in [5, 5.41) is 2.88. The second-order valence-electron chi connectivity index (χ2n) is 5.83. The van der Waals surface area contributed by atoms with Crippen molar-refractivity contribution in [1.29, 1.82) is 0 Å². The lowest BCUT2D eigenvalue weighted by atomic mass is 10.2. The molecule has 0 atom stereocenters. The normalized spacial score (nSPS) is 11.8. The Bertz CT molecular complexity index is 953. The minimum absolute atomic E-state index is 0.0787. The van der Waals surface area contributed by atoms with E-state index in [2.05, 4.69) is 5.32 Å². The molecule has 0 radical (unpaired) electrons. The zero-order valence-corrected chi connectivity index (χ0v) is 17.5. The summed E-state index contributed by atoms with van der Waals surface area (Å²) in [7, 11) is -2.06. The Kier molecular flexibility index (Phi) is 7.62. The topological polar surface area (TPSA) is 75.7 Å². The molecule has 28 heavy (non-hydrogen) atoms. The number of hydrogen-bond acceptors (Lipinski definition) is 4. The van der Waals surface area contributed by atoms with Gasteiger partial charge in [0.25, 0.3) is 0 Å². The van der Waals surface area contributed by atoms with Gasteiger partial charge in [0.05, 0.1) is 22.7 Å². The van der Waals surface area contributed by atoms with E-state index in [4.69, 9.17) is 16.3 Å². The number of hydrogen-bond donors (Lipinski definition) is 1. The van der Waals surface area contributed by atoms with Gasteiger partial charge in [-0.2, -0.15) is 4.31 Å². The predicted octanol–water partition coefficient (Wildman–Crippen LogP) is 4.03. The molecule has 0 bridgehead atoms. The van der Waals surface area contributed by atoms with Gasteiger partial charge in [-0.15, -0.1) is 0 Å². The number of nitrogens with one attached hydrogen (secondary N) is 1. The van der Waals surface area contributed by atoms with Gasteiger partial charge < -0.3 is 10.1 Å². The van der Waals surface area contributed by atoms with Crippen molar-refractivity contribution in [2.24, 2.45) is 0 Å². The first-order chi connectivity index (χ1) is 13.3. The van der Waals surface area contributed by atoms with E-state index >= 15 is 0 Å². The second kappa shape index (κ2) is 9.73. The maximum absolute atomic E-state index is 12.7. The summed E-state index contributed by atoms with van der Waals surface area (Å²) in [5.74, 6) is 0.301. The average Bonchev–Trinajstić information content (AvgIpc) is 2.69. The van der Waals surface area contributed by atoms with E-state index in [0.717, 1.165) is 11.3 Å². The van der Waals surface area contributed by atoms with Crippen LogP contribution in [0.3, 0.4) is 0 Å². The Hall–Kier alpha value is -2.35. The van der Waals surface area contributed by atoms with Crippen molar-refractivity contribution in [3.05, 3.63) is 59.1 Å². The summed E-state index contributed by atoms with van der Waals surface area (Å²) in [5.41, 5.74) is 1.05. The van der Waals surface area contributed by atoms with Gasteiger partial charge in [0.2, 0.25) is 15.9 Å². The minimum Gasteiger partial charge on any atom is -0.497 e. The smallest absolute Gasteiger partial charge is 0.248 e. The van der Waals surface area contributed by atoms with Gasteiger partial charge in [-0.1, -0.05) is 37.6 Å². The van der Waals surface area contributed by atoms with Gasteiger partial charge in [0, 0.05) is 19.2 Å². The third-order valence-electron chi connectivity index (χ3n) is 4.08. The third-order valence-corrected chi connectivity index (χ3v) is 6.46. The summed E-state index contributed by atoms with van der Waals surface area (Å²) >= 11 is 6.13. The molecular weight excluding hydrogens is 400 g/mol. The number of sulfonamides is 1. The Morgan fingerprint density at radius 3 is 2.36 bits per heavy atom. The first kappa shape index (κ1) is 21.9. The van der Waals surface area contributed by atoms with Gasteiger partial charge in [-0.05, 0) is 42.0 Å². The van der Waals surface area contributed by atoms with Gasteiger partial charge in [-0.3, -0.25) is 4.79 Å². The van der Waals surface area contributed by atoms with Crippen LogP contribution in [0.25, 0.3) is 6.08 Å². The largest absolute Gasteiger partial charge is 0.497 e. The Morgan fingerprint density at radius 2 is 1.79 bits per heavy atom. The molecule has 1 N–H and O–H groups in total. The van der Waals surface area contributed by atoms with Crippen molar-refractivity contribution >= 4 is 39.3 Å². The van der Waals surface area contributed by atoms with Crippen LogP contribution in [0.5, 0.6) is 5.75 Å². The van der Waals surface area contributed by atoms with Crippen LogP contribution in [0.15, 0.2) is 53.4 Å². The zero-order chi connectivity index (χ0) is 20.7. The van der Waals surface area contributed by atoms with Crippen molar-refractivity contribution in [1.82, 2.24) is 4.31 Å². The highest BCUT2D eigenvalue weighted by Crippen LogP contribution is 2.27. The summed E-state index contributed by atoms with van der Waals surface area (Å²) in [6.07, 6.45) is 2.99. The molecule has 1 amide bonds. The average molecular weight is 423 g/mol. The van der Waals surface area contributed by atoms with Crippen molar-refractivity contribution in [3.8, 4) is 5.75 Å². The highest BCUT2D eigenvalue weighted by Gasteiger charge is 2.22. The molecule has 2 rings (SSSR count). The maximum Gasteiger partial charge on any atom is 0.248 e. The van der Waals surface area contributed by atoms with Gasteiger partial charge in [0.15, 0.2) is 0 Å². The molecule has 6 nitrogen and oxygen atoms in total. The standard InChI is InChI=1S/C20H23ClN2O4S/c1-4-23(5-2)28(25,26)17-11-12-18(21)19(14-17)22-20(24)13-8-15-6-9-16(27-3)10-7-15/h6-14H,4-5H2,1-3H3,(H,22,24)/b13-8+. The molecule has 0 saturated carbocycles. The molecule has 0 saturated heterocycles. The molecule has 0 aliphatic carbocycles. The summed E-state index contributed by atoms with van der Waals surface area (Å²) in [6, 6.07) is 11.5. The molecule has 2 aromatic rings. The Morgan fingerprint density at radius 1 is 1.14 bits per heavy atom. The van der Waals surface area contributed by atoms with E-state index < -0.39 is 15.9 Å². The van der Waals surface area contributed by atoms with Crippen molar-refractivity contribution < 1.29 is 17.9 Å². The summed E-state index contributed by atoms with van der Waals surface area (Å²) < 4.78 is 31.7. The molecule has 0 unspecified atom stereocenters.